The second-order valence-electron chi connectivity index (χ2n) is 8.56. The minimum absolute atomic E-state index is 0. The molecule has 6 heteroatoms. The molecule has 3 saturated heterocycles. The van der Waals surface area contributed by atoms with Gasteiger partial charge in [0.2, 0.25) is 0 Å². The van der Waals surface area contributed by atoms with E-state index in [0.29, 0.717) is 12.5 Å². The number of halogens is 2. The third kappa shape index (κ3) is 5.09. The molecule has 0 unspecified atom stereocenters. The van der Waals surface area contributed by atoms with Gasteiger partial charge >= 0.3 is 6.09 Å². The molecule has 0 N–H and O–H groups in total. The van der Waals surface area contributed by atoms with Crippen molar-refractivity contribution in [1.82, 2.24) is 0 Å². The maximum Gasteiger partial charge on any atom is 0.415 e. The number of ether oxygens (including phenoxy) is 1. The number of hydrogen-bond acceptors (Lipinski definition) is 2. The summed E-state index contributed by atoms with van der Waals surface area (Å²) in [4.78, 5) is 14.9. The molecule has 156 valence electrons. The van der Waals surface area contributed by atoms with Crippen molar-refractivity contribution < 1.29 is 42.4 Å². The summed E-state index contributed by atoms with van der Waals surface area (Å²) in [6.45, 7) is 5.61. The molecule has 5 rings (SSSR count). The summed E-state index contributed by atoms with van der Waals surface area (Å²) in [6.07, 6.45) is 1.90. The molecular formula is C23H28FIN2O2. The van der Waals surface area contributed by atoms with Crippen LogP contribution >= 0.6 is 0 Å². The lowest BCUT2D eigenvalue weighted by atomic mass is 9.84. The van der Waals surface area contributed by atoms with Crippen molar-refractivity contribution in [3.05, 3.63) is 65.5 Å². The molecule has 0 spiro atoms. The van der Waals surface area contributed by atoms with Crippen molar-refractivity contribution in [3.8, 4) is 0 Å². The molecule has 1 atom stereocenters. The fraction of sp³-hybridized carbons (Fsp3) is 0.435. The Morgan fingerprint density at radius 2 is 1.86 bits per heavy atom. The first-order valence-corrected chi connectivity index (χ1v) is 10.0. The van der Waals surface area contributed by atoms with Gasteiger partial charge in [-0.1, -0.05) is 24.3 Å². The maximum absolute atomic E-state index is 13.3. The summed E-state index contributed by atoms with van der Waals surface area (Å²) in [5.74, 6) is 0.187. The van der Waals surface area contributed by atoms with Crippen LogP contribution in [0, 0.1) is 18.7 Å². The van der Waals surface area contributed by atoms with Crippen LogP contribution in [0.15, 0.2) is 48.5 Å². The third-order valence-electron chi connectivity index (χ3n) is 6.27. The Bertz CT molecular complexity index is 850. The predicted octanol–water partition coefficient (Wildman–Crippen LogP) is 1.52. The fourth-order valence-corrected chi connectivity index (χ4v) is 4.51. The Balaban J connectivity index is 0.00000240. The van der Waals surface area contributed by atoms with E-state index in [0.717, 1.165) is 40.7 Å². The van der Waals surface area contributed by atoms with Crippen LogP contribution in [0.25, 0.3) is 0 Å². The first-order valence-electron chi connectivity index (χ1n) is 10.0. The van der Waals surface area contributed by atoms with Crippen molar-refractivity contribution in [2.75, 3.05) is 31.6 Å². The van der Waals surface area contributed by atoms with E-state index in [1.807, 2.05) is 31.2 Å². The zero-order valence-corrected chi connectivity index (χ0v) is 19.1. The predicted molar refractivity (Wildman–Crippen MR) is 108 cm³/mol. The number of benzene rings is 2. The number of rotatable bonds is 4. The Labute approximate surface area is 189 Å². The number of nitrogens with zero attached hydrogens (tertiary/aromatic N) is 2. The molecule has 0 aliphatic carbocycles. The lowest BCUT2D eigenvalue weighted by molar-refractivity contribution is -0.928. The summed E-state index contributed by atoms with van der Waals surface area (Å²) in [7, 11) is 2.26. The average Bonchev–Trinajstić information content (AvgIpc) is 2.67. The summed E-state index contributed by atoms with van der Waals surface area (Å²) < 4.78 is 20.3. The highest BCUT2D eigenvalue weighted by Crippen LogP contribution is 2.34. The smallest absolute Gasteiger partial charge is 0.415 e. The van der Waals surface area contributed by atoms with E-state index in [4.69, 9.17) is 4.74 Å². The Morgan fingerprint density at radius 3 is 2.48 bits per heavy atom. The first-order chi connectivity index (χ1) is 13.4. The number of fused-ring (bicyclic) bond motifs is 3. The Morgan fingerprint density at radius 1 is 1.17 bits per heavy atom. The topological polar surface area (TPSA) is 29.5 Å². The molecular weight excluding hydrogens is 482 g/mol. The van der Waals surface area contributed by atoms with Crippen LogP contribution in [0.5, 0.6) is 0 Å². The number of carbonyl (C=O) groups is 1. The van der Waals surface area contributed by atoms with E-state index in [1.165, 1.54) is 25.2 Å². The number of quaternary nitrogens is 1. The van der Waals surface area contributed by atoms with Gasteiger partial charge in [0.25, 0.3) is 0 Å². The first kappa shape index (κ1) is 22.0. The molecule has 0 saturated carbocycles. The largest absolute Gasteiger partial charge is 1.00 e. The molecule has 29 heavy (non-hydrogen) atoms. The van der Waals surface area contributed by atoms with Gasteiger partial charge in [0.15, 0.2) is 6.10 Å². The molecule has 3 heterocycles. The normalized spacial score (nSPS) is 25.2. The van der Waals surface area contributed by atoms with Gasteiger partial charge in [0.1, 0.15) is 12.4 Å². The minimum atomic E-state index is -0.319. The highest BCUT2D eigenvalue weighted by Gasteiger charge is 2.45. The van der Waals surface area contributed by atoms with Crippen molar-refractivity contribution in [3.63, 3.8) is 0 Å². The summed E-state index contributed by atoms with van der Waals surface area (Å²) in [6, 6.07) is 14.1. The second kappa shape index (κ2) is 9.00. The molecule has 2 bridgehead atoms. The molecule has 1 amide bonds. The zero-order chi connectivity index (χ0) is 19.7. The molecule has 3 aliphatic heterocycles. The maximum atomic E-state index is 13.3. The van der Waals surface area contributed by atoms with Crippen molar-refractivity contribution >= 4 is 11.8 Å². The summed E-state index contributed by atoms with van der Waals surface area (Å²) in [5, 5.41) is 0. The van der Waals surface area contributed by atoms with Crippen LogP contribution < -0.4 is 28.9 Å². The Hall–Kier alpha value is -1.67. The number of aryl methyl sites for hydroxylation is 1. The van der Waals surface area contributed by atoms with Gasteiger partial charge in [0.05, 0.1) is 26.7 Å². The number of amides is 1. The standard InChI is InChI=1S/C23H28FN2O2.HI/c1-17-4-3-5-21(14-17)25(15-18-6-8-20(24)9-7-18)23(27)28-22-16-26(2)12-10-19(22)11-13-26;/h3-9,14,19,22H,10-13,15-16H2,1-2H3;1H/q+1;/p-1/t19?,22-,26?;/m0./s1. The summed E-state index contributed by atoms with van der Waals surface area (Å²) >= 11 is 0. The van der Waals surface area contributed by atoms with Crippen molar-refractivity contribution in [1.29, 1.82) is 0 Å². The molecule has 2 aromatic carbocycles. The van der Waals surface area contributed by atoms with Gasteiger partial charge in [0, 0.05) is 24.4 Å². The highest BCUT2D eigenvalue weighted by atomic mass is 127. The van der Waals surface area contributed by atoms with E-state index in [1.54, 1.807) is 17.0 Å². The van der Waals surface area contributed by atoms with Gasteiger partial charge in [-0.15, -0.1) is 0 Å². The quantitative estimate of drug-likeness (QED) is 0.462. The third-order valence-corrected chi connectivity index (χ3v) is 6.27. The van der Waals surface area contributed by atoms with Crippen LogP contribution in [0.4, 0.5) is 14.9 Å². The lowest BCUT2D eigenvalue weighted by Crippen LogP contribution is -3.00. The second-order valence-corrected chi connectivity index (χ2v) is 8.56. The summed E-state index contributed by atoms with van der Waals surface area (Å²) in [5.41, 5.74) is 2.75. The molecule has 3 aliphatic rings. The van der Waals surface area contributed by atoms with Crippen molar-refractivity contribution in [2.45, 2.75) is 32.4 Å². The average molecular weight is 510 g/mol. The zero-order valence-electron chi connectivity index (χ0n) is 17.0. The molecule has 3 fully saturated rings. The fourth-order valence-electron chi connectivity index (χ4n) is 4.51. The van der Waals surface area contributed by atoms with Crippen molar-refractivity contribution in [2.24, 2.45) is 5.92 Å². The van der Waals surface area contributed by atoms with Gasteiger partial charge in [-0.25, -0.2) is 9.18 Å². The number of likely N-dealkylation sites (N-methyl/N-ethyl adjacent to an activating group) is 1. The van der Waals surface area contributed by atoms with Crippen LogP contribution in [-0.4, -0.2) is 43.4 Å². The Kier molecular flexibility index (Phi) is 6.83. The van der Waals surface area contributed by atoms with E-state index < -0.39 is 0 Å². The van der Waals surface area contributed by atoms with E-state index in [2.05, 4.69) is 7.05 Å². The molecule has 2 aromatic rings. The number of piperidine rings is 3. The molecule has 0 radical (unpaired) electrons. The number of hydrogen-bond donors (Lipinski definition) is 0. The number of anilines is 1. The monoisotopic (exact) mass is 510 g/mol. The molecule has 0 aromatic heterocycles. The van der Waals surface area contributed by atoms with E-state index in [9.17, 15) is 9.18 Å². The van der Waals surface area contributed by atoms with Gasteiger partial charge in [-0.05, 0) is 42.3 Å². The lowest BCUT2D eigenvalue weighted by Gasteiger charge is -2.49. The van der Waals surface area contributed by atoms with Crippen LogP contribution in [0.3, 0.4) is 0 Å². The number of carbonyl (C=O) groups excluding carboxylic acids is 1. The van der Waals surface area contributed by atoms with Gasteiger partial charge in [-0.3, -0.25) is 4.90 Å². The SMILES string of the molecule is Cc1cccc(N(Cc2ccc(F)cc2)C(=O)O[C@H]2C[N+]3(C)CCC2CC3)c1.[I-]. The molecule has 4 nitrogen and oxygen atoms in total. The van der Waals surface area contributed by atoms with E-state index in [-0.39, 0.29) is 42.0 Å². The van der Waals surface area contributed by atoms with Gasteiger partial charge in [-0.2, -0.15) is 0 Å². The minimum Gasteiger partial charge on any atom is -1.00 e. The van der Waals surface area contributed by atoms with E-state index >= 15 is 0 Å². The van der Waals surface area contributed by atoms with Gasteiger partial charge < -0.3 is 33.2 Å². The van der Waals surface area contributed by atoms with Crippen LogP contribution in [0.1, 0.15) is 24.0 Å². The van der Waals surface area contributed by atoms with Crippen LogP contribution in [0.2, 0.25) is 0 Å². The van der Waals surface area contributed by atoms with Crippen LogP contribution in [-0.2, 0) is 11.3 Å². The highest BCUT2D eigenvalue weighted by molar-refractivity contribution is 5.87.